The maximum absolute atomic E-state index is 3.96. The van der Waals surface area contributed by atoms with Crippen LogP contribution < -0.4 is 5.32 Å². The van der Waals surface area contributed by atoms with Crippen LogP contribution in [0.15, 0.2) is 72.8 Å². The molecule has 0 unspecified atom stereocenters. The van der Waals surface area contributed by atoms with Crippen LogP contribution >= 0.6 is 0 Å². The molecule has 1 N–H and O–H groups in total. The SMILES string of the molecule is C=C(C#Cc1ccccc1)/C=C\c1ccccc1NC. The number of hydrogen-bond donors (Lipinski definition) is 1. The number of para-hydroxylation sites is 1. The molecule has 0 saturated heterocycles. The lowest BCUT2D eigenvalue weighted by molar-refractivity contribution is 1.49. The Morgan fingerprint density at radius 3 is 2.50 bits per heavy atom. The summed E-state index contributed by atoms with van der Waals surface area (Å²) in [5.41, 5.74) is 4.00. The first-order valence-corrected chi connectivity index (χ1v) is 6.50. The Morgan fingerprint density at radius 1 is 1.05 bits per heavy atom. The van der Waals surface area contributed by atoms with Gasteiger partial charge in [0.1, 0.15) is 0 Å². The molecule has 0 aliphatic heterocycles. The minimum atomic E-state index is 0.791. The highest BCUT2D eigenvalue weighted by molar-refractivity contribution is 5.68. The zero-order valence-electron chi connectivity index (χ0n) is 11.6. The number of benzene rings is 2. The quantitative estimate of drug-likeness (QED) is 0.638. The summed E-state index contributed by atoms with van der Waals surface area (Å²) in [4.78, 5) is 0. The molecule has 2 aromatic carbocycles. The number of hydrogen-bond acceptors (Lipinski definition) is 1. The van der Waals surface area contributed by atoms with Gasteiger partial charge in [0.15, 0.2) is 0 Å². The molecule has 0 amide bonds. The van der Waals surface area contributed by atoms with Gasteiger partial charge < -0.3 is 5.32 Å². The van der Waals surface area contributed by atoms with Crippen LogP contribution in [0.3, 0.4) is 0 Å². The predicted octanol–water partition coefficient (Wildman–Crippen LogP) is 4.35. The molecular formula is C19H17N. The van der Waals surface area contributed by atoms with Crippen molar-refractivity contribution in [3.05, 3.63) is 84.0 Å². The van der Waals surface area contributed by atoms with Gasteiger partial charge in [0.05, 0.1) is 0 Å². The second-order valence-electron chi connectivity index (χ2n) is 4.31. The highest BCUT2D eigenvalue weighted by atomic mass is 14.8. The second kappa shape index (κ2) is 7.01. The molecule has 0 aromatic heterocycles. The zero-order valence-corrected chi connectivity index (χ0v) is 11.6. The molecule has 1 nitrogen and oxygen atoms in total. The Kier molecular flexibility index (Phi) is 4.81. The van der Waals surface area contributed by atoms with Crippen LogP contribution in [-0.4, -0.2) is 7.05 Å². The van der Waals surface area contributed by atoms with Crippen LogP contribution in [-0.2, 0) is 0 Å². The van der Waals surface area contributed by atoms with Gasteiger partial charge in [-0.3, -0.25) is 0 Å². The van der Waals surface area contributed by atoms with Gasteiger partial charge in [0, 0.05) is 23.9 Å². The molecule has 0 bridgehead atoms. The van der Waals surface area contributed by atoms with E-state index in [1.54, 1.807) is 0 Å². The molecule has 2 aromatic rings. The first-order chi connectivity index (χ1) is 9.79. The van der Waals surface area contributed by atoms with E-state index in [4.69, 9.17) is 0 Å². The van der Waals surface area contributed by atoms with Crippen molar-refractivity contribution in [3.63, 3.8) is 0 Å². The lowest BCUT2D eigenvalue weighted by atomic mass is 10.1. The third-order valence-corrected chi connectivity index (χ3v) is 2.84. The number of rotatable bonds is 3. The average Bonchev–Trinajstić information content (AvgIpc) is 2.52. The summed E-state index contributed by atoms with van der Waals surface area (Å²) < 4.78 is 0. The molecule has 20 heavy (non-hydrogen) atoms. The Hall–Kier alpha value is -2.72. The lowest BCUT2D eigenvalue weighted by Crippen LogP contribution is -1.90. The monoisotopic (exact) mass is 259 g/mol. The van der Waals surface area contributed by atoms with Crippen molar-refractivity contribution in [1.29, 1.82) is 0 Å². The van der Waals surface area contributed by atoms with Crippen molar-refractivity contribution in [1.82, 2.24) is 0 Å². The standard InChI is InChI=1S/C19H17N/c1-16(12-14-17-8-4-3-5-9-17)13-15-18-10-6-7-11-19(18)20-2/h3-11,13,15,20H,1H2,2H3/b15-13-. The molecule has 0 atom stereocenters. The van der Waals surface area contributed by atoms with E-state index in [-0.39, 0.29) is 0 Å². The smallest absolute Gasteiger partial charge is 0.0411 e. The predicted molar refractivity (Wildman–Crippen MR) is 87.5 cm³/mol. The summed E-state index contributed by atoms with van der Waals surface area (Å²) in [5, 5.41) is 3.16. The molecule has 0 aliphatic rings. The Labute approximate surface area is 120 Å². The van der Waals surface area contributed by atoms with E-state index in [0.717, 1.165) is 22.4 Å². The molecule has 0 aliphatic carbocycles. The zero-order chi connectivity index (χ0) is 14.2. The second-order valence-corrected chi connectivity index (χ2v) is 4.31. The topological polar surface area (TPSA) is 12.0 Å². The molecule has 0 saturated carbocycles. The summed E-state index contributed by atoms with van der Waals surface area (Å²) in [6.07, 6.45) is 3.96. The fourth-order valence-corrected chi connectivity index (χ4v) is 1.78. The van der Waals surface area contributed by atoms with Crippen molar-refractivity contribution in [2.75, 3.05) is 12.4 Å². The fraction of sp³-hybridized carbons (Fsp3) is 0.0526. The number of allylic oxidation sites excluding steroid dienone is 2. The third-order valence-electron chi connectivity index (χ3n) is 2.84. The van der Waals surface area contributed by atoms with Crippen molar-refractivity contribution >= 4 is 11.8 Å². The summed E-state index contributed by atoms with van der Waals surface area (Å²) in [6, 6.07) is 18.0. The molecule has 98 valence electrons. The molecule has 0 radical (unpaired) electrons. The van der Waals surface area contributed by atoms with Gasteiger partial charge in [-0.05, 0) is 29.8 Å². The number of anilines is 1. The van der Waals surface area contributed by atoms with Crippen molar-refractivity contribution in [2.45, 2.75) is 0 Å². The van der Waals surface area contributed by atoms with E-state index in [9.17, 15) is 0 Å². The van der Waals surface area contributed by atoms with Gasteiger partial charge in [-0.15, -0.1) is 0 Å². The summed E-state index contributed by atoms with van der Waals surface area (Å²) >= 11 is 0. The Balaban J connectivity index is 2.09. The molecular weight excluding hydrogens is 242 g/mol. The van der Waals surface area contributed by atoms with Gasteiger partial charge in [-0.2, -0.15) is 0 Å². The van der Waals surface area contributed by atoms with Gasteiger partial charge in [0.2, 0.25) is 0 Å². The lowest BCUT2D eigenvalue weighted by Gasteiger charge is -2.03. The van der Waals surface area contributed by atoms with Gasteiger partial charge >= 0.3 is 0 Å². The maximum Gasteiger partial charge on any atom is 0.0411 e. The third kappa shape index (κ3) is 3.90. The largest absolute Gasteiger partial charge is 0.388 e. The maximum atomic E-state index is 3.96. The molecule has 0 spiro atoms. The van der Waals surface area contributed by atoms with Crippen LogP contribution in [0, 0.1) is 11.8 Å². The average molecular weight is 259 g/mol. The van der Waals surface area contributed by atoms with Crippen molar-refractivity contribution in [2.24, 2.45) is 0 Å². The summed E-state index contributed by atoms with van der Waals surface area (Å²) in [7, 11) is 1.91. The van der Waals surface area contributed by atoms with Gasteiger partial charge in [-0.1, -0.05) is 60.9 Å². The minimum Gasteiger partial charge on any atom is -0.388 e. The van der Waals surface area contributed by atoms with Crippen LogP contribution in [0.5, 0.6) is 0 Å². The first-order valence-electron chi connectivity index (χ1n) is 6.50. The van der Waals surface area contributed by atoms with E-state index >= 15 is 0 Å². The van der Waals surface area contributed by atoms with Crippen LogP contribution in [0.2, 0.25) is 0 Å². The van der Waals surface area contributed by atoms with Crippen LogP contribution in [0.4, 0.5) is 5.69 Å². The van der Waals surface area contributed by atoms with E-state index in [1.807, 2.05) is 67.7 Å². The Morgan fingerprint density at radius 2 is 1.75 bits per heavy atom. The van der Waals surface area contributed by atoms with E-state index in [2.05, 4.69) is 29.8 Å². The van der Waals surface area contributed by atoms with Crippen LogP contribution in [0.1, 0.15) is 11.1 Å². The number of nitrogens with one attached hydrogen (secondary N) is 1. The minimum absolute atomic E-state index is 0.791. The molecule has 1 heteroatoms. The van der Waals surface area contributed by atoms with Gasteiger partial charge in [-0.25, -0.2) is 0 Å². The van der Waals surface area contributed by atoms with Crippen LogP contribution in [0.25, 0.3) is 6.08 Å². The first kappa shape index (κ1) is 13.7. The summed E-state index contributed by atoms with van der Waals surface area (Å²) in [5.74, 6) is 6.15. The van der Waals surface area contributed by atoms with Crippen molar-refractivity contribution in [3.8, 4) is 11.8 Å². The molecule has 0 fully saturated rings. The van der Waals surface area contributed by atoms with Gasteiger partial charge in [0.25, 0.3) is 0 Å². The normalized spacial score (nSPS) is 9.85. The molecule has 0 heterocycles. The van der Waals surface area contributed by atoms with Crippen molar-refractivity contribution < 1.29 is 0 Å². The summed E-state index contributed by atoms with van der Waals surface area (Å²) in [6.45, 7) is 3.96. The Bertz CT molecular complexity index is 670. The van der Waals surface area contributed by atoms with E-state index in [1.165, 1.54) is 0 Å². The van der Waals surface area contributed by atoms with E-state index < -0.39 is 0 Å². The fourth-order valence-electron chi connectivity index (χ4n) is 1.78. The molecule has 2 rings (SSSR count). The van der Waals surface area contributed by atoms with E-state index in [0.29, 0.717) is 0 Å². The highest BCUT2D eigenvalue weighted by Crippen LogP contribution is 2.16. The highest BCUT2D eigenvalue weighted by Gasteiger charge is 1.94.